The number of amides is 1. The Balaban J connectivity index is 1.72. The average Bonchev–Trinajstić information content (AvgIpc) is 3.17. The second kappa shape index (κ2) is 7.81. The van der Waals surface area contributed by atoms with Crippen molar-refractivity contribution < 1.29 is 18.0 Å². The summed E-state index contributed by atoms with van der Waals surface area (Å²) in [6.07, 6.45) is 1.47. The van der Waals surface area contributed by atoms with Gasteiger partial charge in [-0.15, -0.1) is 0 Å². The number of hydrogen-bond donors (Lipinski definition) is 1. The lowest BCUT2D eigenvalue weighted by atomic mass is 10.0. The minimum atomic E-state index is -4.46. The molecule has 2 aliphatic rings. The fraction of sp³-hybridized carbons (Fsp3) is 0.318. The standard InChI is InChI=1S/C22H22F3N3O/c23-22(24,25)17-13-16(9-10-20(29)27-11-5-2-6-12-27)21-19(14-17)26-15-28(21)18-7-3-1-4-8-18/h1,3-4,7-10,13-14,26H,2,5-6,11-12,15H2. The number of fused-ring (bicyclic) bond motifs is 1. The Morgan fingerprint density at radius 3 is 2.45 bits per heavy atom. The number of piperidine rings is 1. The van der Waals surface area contributed by atoms with Gasteiger partial charge in [0.2, 0.25) is 5.91 Å². The van der Waals surface area contributed by atoms with Crippen molar-refractivity contribution in [2.75, 3.05) is 30.0 Å². The number of hydrogen-bond acceptors (Lipinski definition) is 3. The van der Waals surface area contributed by atoms with Gasteiger partial charge < -0.3 is 15.1 Å². The fourth-order valence-electron chi connectivity index (χ4n) is 3.84. The van der Waals surface area contributed by atoms with Gasteiger partial charge in [0.05, 0.1) is 23.6 Å². The first kappa shape index (κ1) is 19.4. The van der Waals surface area contributed by atoms with Crippen molar-refractivity contribution in [3.63, 3.8) is 0 Å². The molecule has 7 heteroatoms. The van der Waals surface area contributed by atoms with Gasteiger partial charge >= 0.3 is 6.18 Å². The monoisotopic (exact) mass is 401 g/mol. The van der Waals surface area contributed by atoms with Gasteiger partial charge in [0, 0.05) is 30.4 Å². The third kappa shape index (κ3) is 4.09. The molecule has 0 unspecified atom stereocenters. The van der Waals surface area contributed by atoms with Crippen LogP contribution in [-0.2, 0) is 11.0 Å². The van der Waals surface area contributed by atoms with Gasteiger partial charge in [-0.25, -0.2) is 0 Å². The Morgan fingerprint density at radius 2 is 1.76 bits per heavy atom. The second-order valence-corrected chi connectivity index (χ2v) is 7.28. The zero-order chi connectivity index (χ0) is 20.4. The molecule has 0 saturated carbocycles. The molecule has 4 nitrogen and oxygen atoms in total. The Hall–Kier alpha value is -2.96. The highest BCUT2D eigenvalue weighted by Gasteiger charge is 2.34. The molecule has 2 aromatic rings. The second-order valence-electron chi connectivity index (χ2n) is 7.28. The molecule has 1 saturated heterocycles. The van der Waals surface area contributed by atoms with Crippen LogP contribution in [-0.4, -0.2) is 30.6 Å². The Bertz CT molecular complexity index is 919. The maximum absolute atomic E-state index is 13.4. The molecule has 4 rings (SSSR count). The zero-order valence-corrected chi connectivity index (χ0v) is 15.9. The molecular formula is C22H22F3N3O. The average molecular weight is 401 g/mol. The molecular weight excluding hydrogens is 379 g/mol. The van der Waals surface area contributed by atoms with Crippen LogP contribution in [0.3, 0.4) is 0 Å². The van der Waals surface area contributed by atoms with E-state index in [0.29, 0.717) is 36.7 Å². The van der Waals surface area contributed by atoms with E-state index in [-0.39, 0.29) is 5.91 Å². The van der Waals surface area contributed by atoms with E-state index in [1.807, 2.05) is 35.2 Å². The molecule has 29 heavy (non-hydrogen) atoms. The number of nitrogens with zero attached hydrogens (tertiary/aromatic N) is 2. The molecule has 0 aromatic heterocycles. The van der Waals surface area contributed by atoms with E-state index in [1.165, 1.54) is 12.2 Å². The van der Waals surface area contributed by atoms with Crippen LogP contribution in [0, 0.1) is 0 Å². The number of benzene rings is 2. The molecule has 1 N–H and O–H groups in total. The number of likely N-dealkylation sites (tertiary alicyclic amines) is 1. The summed E-state index contributed by atoms with van der Waals surface area (Å²) in [5, 5.41) is 3.05. The summed E-state index contributed by atoms with van der Waals surface area (Å²) in [6.45, 7) is 1.75. The molecule has 0 bridgehead atoms. The number of anilines is 3. The molecule has 0 aliphatic carbocycles. The summed E-state index contributed by atoms with van der Waals surface area (Å²) < 4.78 is 40.2. The van der Waals surface area contributed by atoms with Crippen LogP contribution in [0.2, 0.25) is 0 Å². The number of alkyl halides is 3. The molecule has 2 aliphatic heterocycles. The molecule has 0 radical (unpaired) electrons. The van der Waals surface area contributed by atoms with Crippen LogP contribution in [0.25, 0.3) is 6.08 Å². The lowest BCUT2D eigenvalue weighted by molar-refractivity contribution is -0.137. The highest BCUT2D eigenvalue weighted by molar-refractivity contribution is 5.95. The van der Waals surface area contributed by atoms with Gasteiger partial charge in [0.25, 0.3) is 0 Å². The molecule has 2 aromatic carbocycles. The predicted octanol–water partition coefficient (Wildman–Crippen LogP) is 5.25. The van der Waals surface area contributed by atoms with Gasteiger partial charge in [0.1, 0.15) is 0 Å². The van der Waals surface area contributed by atoms with Crippen LogP contribution in [0.4, 0.5) is 30.2 Å². The minimum Gasteiger partial charge on any atom is -0.366 e. The smallest absolute Gasteiger partial charge is 0.366 e. The molecule has 152 valence electrons. The maximum atomic E-state index is 13.4. The molecule has 0 atom stereocenters. The van der Waals surface area contributed by atoms with Gasteiger partial charge in [-0.3, -0.25) is 4.79 Å². The van der Waals surface area contributed by atoms with Crippen molar-refractivity contribution in [3.8, 4) is 0 Å². The summed E-state index contributed by atoms with van der Waals surface area (Å²) in [7, 11) is 0. The predicted molar refractivity (Wildman–Crippen MR) is 108 cm³/mol. The van der Waals surface area contributed by atoms with Crippen molar-refractivity contribution >= 4 is 29.0 Å². The third-order valence-corrected chi connectivity index (χ3v) is 5.31. The molecule has 2 heterocycles. The van der Waals surface area contributed by atoms with E-state index in [1.54, 1.807) is 4.90 Å². The Kier molecular flexibility index (Phi) is 5.22. The van der Waals surface area contributed by atoms with Crippen LogP contribution < -0.4 is 10.2 Å². The first-order valence-electron chi connectivity index (χ1n) is 9.72. The Labute approximate surface area is 167 Å². The van der Waals surface area contributed by atoms with E-state index >= 15 is 0 Å². The highest BCUT2D eigenvalue weighted by Crippen LogP contribution is 2.44. The van der Waals surface area contributed by atoms with Gasteiger partial charge in [-0.1, -0.05) is 18.2 Å². The zero-order valence-electron chi connectivity index (χ0n) is 15.9. The topological polar surface area (TPSA) is 35.6 Å². The molecule has 1 fully saturated rings. The number of carbonyl (C=O) groups excluding carboxylic acids is 1. The number of carbonyl (C=O) groups is 1. The number of rotatable bonds is 3. The van der Waals surface area contributed by atoms with E-state index < -0.39 is 11.7 Å². The number of para-hydroxylation sites is 1. The van der Waals surface area contributed by atoms with Gasteiger partial charge in [0.15, 0.2) is 0 Å². The van der Waals surface area contributed by atoms with Gasteiger partial charge in [-0.05, 0) is 49.6 Å². The number of nitrogens with one attached hydrogen (secondary N) is 1. The third-order valence-electron chi connectivity index (χ3n) is 5.31. The van der Waals surface area contributed by atoms with E-state index in [4.69, 9.17) is 0 Å². The first-order valence-corrected chi connectivity index (χ1v) is 9.72. The maximum Gasteiger partial charge on any atom is 0.416 e. The minimum absolute atomic E-state index is 0.159. The SMILES string of the molecule is O=C(C=Cc1cc(C(F)(F)F)cc2c1N(c1ccccc1)CN2)N1CCCCC1. The quantitative estimate of drug-likeness (QED) is 0.714. The lowest BCUT2D eigenvalue weighted by Gasteiger charge is -2.25. The van der Waals surface area contributed by atoms with Crippen LogP contribution in [0.1, 0.15) is 30.4 Å². The van der Waals surface area contributed by atoms with Gasteiger partial charge in [-0.2, -0.15) is 13.2 Å². The fourth-order valence-corrected chi connectivity index (χ4v) is 3.84. The van der Waals surface area contributed by atoms with Crippen LogP contribution >= 0.6 is 0 Å². The van der Waals surface area contributed by atoms with E-state index in [2.05, 4.69) is 5.32 Å². The van der Waals surface area contributed by atoms with Crippen molar-refractivity contribution in [1.82, 2.24) is 4.90 Å². The Morgan fingerprint density at radius 1 is 1.03 bits per heavy atom. The van der Waals surface area contributed by atoms with Crippen molar-refractivity contribution in [2.45, 2.75) is 25.4 Å². The molecule has 1 amide bonds. The first-order chi connectivity index (χ1) is 13.9. The van der Waals surface area contributed by atoms with Crippen LogP contribution in [0.15, 0.2) is 48.5 Å². The summed E-state index contributed by atoms with van der Waals surface area (Å²) in [5.74, 6) is -0.159. The summed E-state index contributed by atoms with van der Waals surface area (Å²) in [5.41, 5.74) is 1.56. The summed E-state index contributed by atoms with van der Waals surface area (Å²) in [4.78, 5) is 16.2. The summed E-state index contributed by atoms with van der Waals surface area (Å²) in [6, 6.07) is 11.7. The highest BCUT2D eigenvalue weighted by atomic mass is 19.4. The molecule has 0 spiro atoms. The van der Waals surface area contributed by atoms with E-state index in [9.17, 15) is 18.0 Å². The van der Waals surface area contributed by atoms with Crippen LogP contribution in [0.5, 0.6) is 0 Å². The van der Waals surface area contributed by atoms with Crippen molar-refractivity contribution in [2.24, 2.45) is 0 Å². The lowest BCUT2D eigenvalue weighted by Crippen LogP contribution is -2.34. The van der Waals surface area contributed by atoms with Crippen molar-refractivity contribution in [3.05, 3.63) is 59.7 Å². The normalized spacial score (nSPS) is 16.8. The van der Waals surface area contributed by atoms with Crippen molar-refractivity contribution in [1.29, 1.82) is 0 Å². The summed E-state index contributed by atoms with van der Waals surface area (Å²) >= 11 is 0. The number of halogens is 3. The van der Waals surface area contributed by atoms with E-state index in [0.717, 1.165) is 37.1 Å². The largest absolute Gasteiger partial charge is 0.416 e.